The zero-order chi connectivity index (χ0) is 13.7. The highest BCUT2D eigenvalue weighted by Crippen LogP contribution is 2.20. The lowest BCUT2D eigenvalue weighted by Crippen LogP contribution is -2.48. The van der Waals surface area contributed by atoms with Crippen LogP contribution in [0.3, 0.4) is 0 Å². The topological polar surface area (TPSA) is 41.1 Å². The van der Waals surface area contributed by atoms with Crippen molar-refractivity contribution in [3.8, 4) is 0 Å². The second-order valence-electron chi connectivity index (χ2n) is 5.03. The number of hydrogen-bond donors (Lipinski definition) is 2. The molecule has 1 aliphatic heterocycles. The summed E-state index contributed by atoms with van der Waals surface area (Å²) in [6.07, 6.45) is 0. The van der Waals surface area contributed by atoms with Gasteiger partial charge in [-0.3, -0.25) is 4.79 Å². The lowest BCUT2D eigenvalue weighted by molar-refractivity contribution is -0.121. The van der Waals surface area contributed by atoms with Crippen LogP contribution in [0.15, 0.2) is 24.3 Å². The summed E-state index contributed by atoms with van der Waals surface area (Å²) in [7, 11) is 0. The first-order valence-corrected chi connectivity index (χ1v) is 8.04. The molecule has 1 aromatic carbocycles. The summed E-state index contributed by atoms with van der Waals surface area (Å²) in [5.41, 5.74) is 2.18. The van der Waals surface area contributed by atoms with Gasteiger partial charge in [0.1, 0.15) is 0 Å². The van der Waals surface area contributed by atoms with Crippen LogP contribution in [0.1, 0.15) is 19.4 Å². The molecule has 0 aromatic heterocycles. The third-order valence-electron chi connectivity index (χ3n) is 3.60. The summed E-state index contributed by atoms with van der Waals surface area (Å²) in [5.74, 6) is 2.81. The highest BCUT2D eigenvalue weighted by Gasteiger charge is 2.28. The summed E-state index contributed by atoms with van der Waals surface area (Å²) in [5, 5.41) is 6.24. The van der Waals surface area contributed by atoms with Crippen LogP contribution >= 0.6 is 11.8 Å². The number of carbonyl (C=O) groups is 1. The van der Waals surface area contributed by atoms with E-state index in [0.717, 1.165) is 30.3 Å². The molecule has 0 bridgehead atoms. The molecule has 0 radical (unpaired) electrons. The average Bonchev–Trinajstić information content (AvgIpc) is 2.34. The SMILES string of the molecule is CCSCc1cccc(NC(=O)C(C)C2CNC2)c1. The number of carbonyl (C=O) groups excluding carboxylic acids is 1. The van der Waals surface area contributed by atoms with E-state index in [1.165, 1.54) is 5.56 Å². The fourth-order valence-electron chi connectivity index (χ4n) is 2.09. The van der Waals surface area contributed by atoms with Crippen molar-refractivity contribution < 1.29 is 4.79 Å². The number of hydrogen-bond acceptors (Lipinski definition) is 3. The molecule has 4 heteroatoms. The minimum Gasteiger partial charge on any atom is -0.326 e. The van der Waals surface area contributed by atoms with Gasteiger partial charge in [0, 0.05) is 17.4 Å². The van der Waals surface area contributed by atoms with Gasteiger partial charge in [0.15, 0.2) is 0 Å². The zero-order valence-electron chi connectivity index (χ0n) is 11.6. The molecular weight excluding hydrogens is 256 g/mol. The van der Waals surface area contributed by atoms with Gasteiger partial charge in [-0.1, -0.05) is 26.0 Å². The number of anilines is 1. The second kappa shape index (κ2) is 6.96. The number of nitrogens with one attached hydrogen (secondary N) is 2. The van der Waals surface area contributed by atoms with E-state index in [-0.39, 0.29) is 11.8 Å². The van der Waals surface area contributed by atoms with Crippen LogP contribution in [0.5, 0.6) is 0 Å². The van der Waals surface area contributed by atoms with Crippen LogP contribution in [0.2, 0.25) is 0 Å². The minimum atomic E-state index is 0.0786. The first kappa shape index (κ1) is 14.4. The largest absolute Gasteiger partial charge is 0.326 e. The van der Waals surface area contributed by atoms with Crippen molar-refractivity contribution in [3.05, 3.63) is 29.8 Å². The molecule has 19 heavy (non-hydrogen) atoms. The minimum absolute atomic E-state index is 0.0786. The van der Waals surface area contributed by atoms with Gasteiger partial charge in [0.05, 0.1) is 0 Å². The highest BCUT2D eigenvalue weighted by atomic mass is 32.2. The Hall–Kier alpha value is -1.00. The summed E-state index contributed by atoms with van der Waals surface area (Å²) in [6.45, 7) is 6.09. The number of thioether (sulfide) groups is 1. The van der Waals surface area contributed by atoms with Crippen molar-refractivity contribution in [2.45, 2.75) is 19.6 Å². The van der Waals surface area contributed by atoms with E-state index in [2.05, 4.69) is 29.7 Å². The van der Waals surface area contributed by atoms with E-state index in [9.17, 15) is 4.79 Å². The van der Waals surface area contributed by atoms with E-state index in [0.29, 0.717) is 5.92 Å². The number of benzene rings is 1. The Morgan fingerprint density at radius 2 is 2.32 bits per heavy atom. The lowest BCUT2D eigenvalue weighted by atomic mass is 9.88. The van der Waals surface area contributed by atoms with Gasteiger partial charge in [-0.2, -0.15) is 11.8 Å². The monoisotopic (exact) mass is 278 g/mol. The Labute approximate surface area is 119 Å². The van der Waals surface area contributed by atoms with E-state index in [4.69, 9.17) is 0 Å². The number of amides is 1. The van der Waals surface area contributed by atoms with Crippen LogP contribution < -0.4 is 10.6 Å². The van der Waals surface area contributed by atoms with Crippen molar-refractivity contribution >= 4 is 23.4 Å². The van der Waals surface area contributed by atoms with Crippen molar-refractivity contribution in [1.29, 1.82) is 0 Å². The predicted octanol–water partition coefficient (Wildman–Crippen LogP) is 2.73. The van der Waals surface area contributed by atoms with Crippen LogP contribution in [0.25, 0.3) is 0 Å². The van der Waals surface area contributed by atoms with Gasteiger partial charge in [-0.05, 0) is 42.5 Å². The lowest BCUT2D eigenvalue weighted by Gasteiger charge is -2.31. The maximum absolute atomic E-state index is 12.1. The summed E-state index contributed by atoms with van der Waals surface area (Å²) in [6, 6.07) is 8.16. The molecule has 0 saturated carbocycles. The summed E-state index contributed by atoms with van der Waals surface area (Å²) in [4.78, 5) is 12.1. The van der Waals surface area contributed by atoms with Gasteiger partial charge < -0.3 is 10.6 Å². The molecule has 1 saturated heterocycles. The molecular formula is C15H22N2OS. The Bertz CT molecular complexity index is 432. The number of rotatable bonds is 6. The second-order valence-corrected chi connectivity index (χ2v) is 6.31. The molecule has 104 valence electrons. The molecule has 1 aliphatic rings. The first-order valence-electron chi connectivity index (χ1n) is 6.89. The molecule has 0 spiro atoms. The van der Waals surface area contributed by atoms with Crippen LogP contribution in [-0.2, 0) is 10.5 Å². The van der Waals surface area contributed by atoms with Gasteiger partial charge in [0.25, 0.3) is 0 Å². The van der Waals surface area contributed by atoms with Crippen molar-refractivity contribution in [2.75, 3.05) is 24.2 Å². The quantitative estimate of drug-likeness (QED) is 0.840. The van der Waals surface area contributed by atoms with Gasteiger partial charge in [-0.15, -0.1) is 0 Å². The fraction of sp³-hybridized carbons (Fsp3) is 0.533. The van der Waals surface area contributed by atoms with E-state index < -0.39 is 0 Å². The zero-order valence-corrected chi connectivity index (χ0v) is 12.4. The standard InChI is InChI=1S/C15H22N2OS/c1-3-19-10-12-5-4-6-14(7-12)17-15(18)11(2)13-8-16-9-13/h4-7,11,13,16H,3,8-10H2,1-2H3,(H,17,18). The summed E-state index contributed by atoms with van der Waals surface area (Å²) >= 11 is 1.89. The molecule has 1 heterocycles. The maximum Gasteiger partial charge on any atom is 0.227 e. The molecule has 1 amide bonds. The van der Waals surface area contributed by atoms with Crippen LogP contribution in [0.4, 0.5) is 5.69 Å². The maximum atomic E-state index is 12.1. The van der Waals surface area contributed by atoms with E-state index in [1.807, 2.05) is 30.8 Å². The first-order chi connectivity index (χ1) is 9.20. The molecule has 1 aromatic rings. The third kappa shape index (κ3) is 3.98. The molecule has 1 unspecified atom stereocenters. The smallest absolute Gasteiger partial charge is 0.227 e. The van der Waals surface area contributed by atoms with E-state index >= 15 is 0 Å². The molecule has 0 aliphatic carbocycles. The molecule has 2 rings (SSSR count). The van der Waals surface area contributed by atoms with Crippen LogP contribution in [0, 0.1) is 11.8 Å². The fourth-order valence-corrected chi connectivity index (χ4v) is 2.71. The summed E-state index contributed by atoms with van der Waals surface area (Å²) < 4.78 is 0. The third-order valence-corrected chi connectivity index (χ3v) is 4.55. The Morgan fingerprint density at radius 1 is 1.53 bits per heavy atom. The highest BCUT2D eigenvalue weighted by molar-refractivity contribution is 7.98. The van der Waals surface area contributed by atoms with Crippen LogP contribution in [-0.4, -0.2) is 24.7 Å². The molecule has 1 fully saturated rings. The predicted molar refractivity (Wildman–Crippen MR) is 82.4 cm³/mol. The Morgan fingerprint density at radius 3 is 2.95 bits per heavy atom. The molecule has 1 atom stereocenters. The Balaban J connectivity index is 1.92. The van der Waals surface area contributed by atoms with Gasteiger partial charge in [0.2, 0.25) is 5.91 Å². The Kier molecular flexibility index (Phi) is 5.28. The van der Waals surface area contributed by atoms with Gasteiger partial charge >= 0.3 is 0 Å². The normalized spacial score (nSPS) is 16.7. The van der Waals surface area contributed by atoms with Crippen molar-refractivity contribution in [2.24, 2.45) is 11.8 Å². The average molecular weight is 278 g/mol. The molecule has 3 nitrogen and oxygen atoms in total. The van der Waals surface area contributed by atoms with Gasteiger partial charge in [-0.25, -0.2) is 0 Å². The van der Waals surface area contributed by atoms with E-state index in [1.54, 1.807) is 0 Å². The molecule has 2 N–H and O–H groups in total. The van der Waals surface area contributed by atoms with Crippen molar-refractivity contribution in [1.82, 2.24) is 5.32 Å². The van der Waals surface area contributed by atoms with Crippen molar-refractivity contribution in [3.63, 3.8) is 0 Å².